The number of nitrogen functional groups attached to an aromatic ring is 1. The van der Waals surface area contributed by atoms with E-state index < -0.39 is 0 Å². The third kappa shape index (κ3) is 3.56. The van der Waals surface area contributed by atoms with Gasteiger partial charge >= 0.3 is 0 Å². The molecule has 166 valence electrons. The summed E-state index contributed by atoms with van der Waals surface area (Å²) in [5.41, 5.74) is 9.02. The number of anilines is 3. The van der Waals surface area contributed by atoms with Crippen LogP contribution in [0.25, 0.3) is 10.2 Å². The summed E-state index contributed by atoms with van der Waals surface area (Å²) >= 11 is 1.66. The molecule has 0 bridgehead atoms. The largest absolute Gasteiger partial charge is 0.494 e. The number of aromatic nitrogens is 2. The first-order valence-corrected chi connectivity index (χ1v) is 11.7. The Morgan fingerprint density at radius 1 is 1.34 bits per heavy atom. The van der Waals surface area contributed by atoms with Crippen molar-refractivity contribution in [2.24, 2.45) is 5.92 Å². The summed E-state index contributed by atoms with van der Waals surface area (Å²) in [5, 5.41) is 12.0. The zero-order valence-corrected chi connectivity index (χ0v) is 18.8. The molecule has 1 fully saturated rings. The van der Waals surface area contributed by atoms with Gasteiger partial charge in [0, 0.05) is 47.4 Å². The van der Waals surface area contributed by atoms with Crippen LogP contribution in [0.2, 0.25) is 0 Å². The van der Waals surface area contributed by atoms with Crippen molar-refractivity contribution in [2.75, 3.05) is 31.2 Å². The second kappa shape index (κ2) is 8.38. The van der Waals surface area contributed by atoms with Gasteiger partial charge in [0.25, 0.3) is 0 Å². The maximum Gasteiger partial charge on any atom is 0.226 e. The summed E-state index contributed by atoms with van der Waals surface area (Å²) < 4.78 is 5.49. The zero-order chi connectivity index (χ0) is 22.2. The number of nitrogens with one attached hydrogen (secondary N) is 2. The van der Waals surface area contributed by atoms with Crippen molar-refractivity contribution in [3.8, 4) is 5.75 Å². The Hall–Kier alpha value is -3.20. The molecule has 1 atom stereocenters. The maximum absolute atomic E-state index is 12.9. The van der Waals surface area contributed by atoms with Crippen LogP contribution in [-0.2, 0) is 17.6 Å². The first kappa shape index (κ1) is 20.7. The average molecular weight is 451 g/mol. The molecule has 3 heterocycles. The molecule has 3 aromatic rings. The van der Waals surface area contributed by atoms with E-state index in [-0.39, 0.29) is 5.92 Å². The molecule has 1 aliphatic heterocycles. The van der Waals surface area contributed by atoms with E-state index in [1.54, 1.807) is 36.9 Å². The Morgan fingerprint density at radius 2 is 2.16 bits per heavy atom. The average Bonchev–Trinajstić information content (AvgIpc) is 3.47. The van der Waals surface area contributed by atoms with E-state index in [0.29, 0.717) is 34.4 Å². The summed E-state index contributed by atoms with van der Waals surface area (Å²) in [7, 11) is 1.59. The van der Waals surface area contributed by atoms with Crippen LogP contribution in [0.5, 0.6) is 5.75 Å². The molecule has 1 aromatic carbocycles. The maximum atomic E-state index is 12.9. The molecule has 1 amide bonds. The Bertz CT molecular complexity index is 1200. The molecule has 32 heavy (non-hydrogen) atoms. The Balaban J connectivity index is 1.48. The number of benzene rings is 1. The molecule has 8 nitrogen and oxygen atoms in total. The molecular formula is C23H26N6O2S. The van der Waals surface area contributed by atoms with Gasteiger partial charge in [0.1, 0.15) is 22.7 Å². The number of ether oxygens (including phenoxy) is 1. The molecular weight excluding hydrogens is 424 g/mol. The smallest absolute Gasteiger partial charge is 0.226 e. The monoisotopic (exact) mass is 450 g/mol. The minimum absolute atomic E-state index is 0.0605. The van der Waals surface area contributed by atoms with Gasteiger partial charge in [0.15, 0.2) is 0 Å². The van der Waals surface area contributed by atoms with Crippen LogP contribution in [0.1, 0.15) is 35.3 Å². The van der Waals surface area contributed by atoms with E-state index in [4.69, 9.17) is 15.9 Å². The number of hydrogen-bond donors (Lipinski definition) is 3. The Morgan fingerprint density at radius 3 is 2.91 bits per heavy atom. The summed E-state index contributed by atoms with van der Waals surface area (Å²) in [4.78, 5) is 26.2. The Kier molecular flexibility index (Phi) is 5.42. The van der Waals surface area contributed by atoms with Gasteiger partial charge in [-0.2, -0.15) is 0 Å². The minimum atomic E-state index is 0.0605. The third-order valence-corrected chi connectivity index (χ3v) is 7.59. The second-order valence-electron chi connectivity index (χ2n) is 8.33. The Labute approximate surface area is 190 Å². The highest BCUT2D eigenvalue weighted by atomic mass is 32.1. The van der Waals surface area contributed by atoms with Crippen LogP contribution >= 0.6 is 11.3 Å². The predicted molar refractivity (Wildman–Crippen MR) is 127 cm³/mol. The first-order chi connectivity index (χ1) is 15.6. The van der Waals surface area contributed by atoms with Gasteiger partial charge in [-0.15, -0.1) is 11.3 Å². The molecule has 2 aliphatic rings. The van der Waals surface area contributed by atoms with E-state index >= 15 is 0 Å². The molecule has 5 rings (SSSR count). The van der Waals surface area contributed by atoms with Crippen LogP contribution in [-0.4, -0.2) is 47.2 Å². The molecule has 1 aliphatic carbocycles. The molecule has 0 saturated carbocycles. The lowest BCUT2D eigenvalue weighted by Crippen LogP contribution is -2.36. The number of hydrogen-bond acceptors (Lipinski definition) is 8. The number of fused-ring (bicyclic) bond motifs is 3. The van der Waals surface area contributed by atoms with Gasteiger partial charge in [0.2, 0.25) is 5.91 Å². The molecule has 0 spiro atoms. The van der Waals surface area contributed by atoms with Crippen LogP contribution in [0.4, 0.5) is 17.2 Å². The highest BCUT2D eigenvalue weighted by Crippen LogP contribution is 2.42. The number of aryl methyl sites for hydroxylation is 1. The number of nitrogens with zero attached hydrogens (tertiary/aromatic N) is 3. The summed E-state index contributed by atoms with van der Waals surface area (Å²) in [6, 6.07) is 3.50. The summed E-state index contributed by atoms with van der Waals surface area (Å²) in [6.07, 6.45) is 7.48. The summed E-state index contributed by atoms with van der Waals surface area (Å²) in [5.74, 6) is 1.65. The molecule has 9 heteroatoms. The molecule has 2 aromatic heterocycles. The lowest BCUT2D eigenvalue weighted by molar-refractivity contribution is -0.134. The number of amides is 1. The van der Waals surface area contributed by atoms with Crippen LogP contribution < -0.4 is 15.8 Å². The topological polar surface area (TPSA) is 117 Å². The number of rotatable bonds is 5. The number of thiophene rings is 1. The van der Waals surface area contributed by atoms with E-state index in [2.05, 4.69) is 15.3 Å². The van der Waals surface area contributed by atoms with Crippen molar-refractivity contribution in [1.29, 1.82) is 5.41 Å². The van der Waals surface area contributed by atoms with Gasteiger partial charge in [-0.1, -0.05) is 0 Å². The number of methoxy groups -OCH3 is 1. The van der Waals surface area contributed by atoms with Gasteiger partial charge < -0.3 is 26.1 Å². The fourth-order valence-electron chi connectivity index (χ4n) is 4.74. The van der Waals surface area contributed by atoms with Crippen molar-refractivity contribution in [1.82, 2.24) is 14.9 Å². The zero-order valence-electron chi connectivity index (χ0n) is 18.0. The van der Waals surface area contributed by atoms with E-state index in [9.17, 15) is 4.79 Å². The van der Waals surface area contributed by atoms with Crippen LogP contribution in [0.3, 0.4) is 0 Å². The van der Waals surface area contributed by atoms with Gasteiger partial charge in [-0.3, -0.25) is 4.79 Å². The van der Waals surface area contributed by atoms with Crippen LogP contribution in [0.15, 0.2) is 18.5 Å². The first-order valence-electron chi connectivity index (χ1n) is 10.9. The van der Waals surface area contributed by atoms with Crippen molar-refractivity contribution < 1.29 is 9.53 Å². The fourth-order valence-corrected chi connectivity index (χ4v) is 6.01. The lowest BCUT2D eigenvalue weighted by Gasteiger charge is -2.26. The molecule has 4 N–H and O–H groups in total. The third-order valence-electron chi connectivity index (χ3n) is 6.43. The van der Waals surface area contributed by atoms with Crippen molar-refractivity contribution >= 4 is 50.9 Å². The summed E-state index contributed by atoms with van der Waals surface area (Å²) in [6.45, 7) is 1.80. The van der Waals surface area contributed by atoms with Crippen molar-refractivity contribution in [3.63, 3.8) is 0 Å². The SMILES string of the molecule is COc1cc(N)c(C=N)cc1Nc1ncnc2sc3c(c12)CC[C@H](C(=O)N1CCCC1)C3. The van der Waals surface area contributed by atoms with Gasteiger partial charge in [-0.05, 0) is 43.7 Å². The molecule has 1 saturated heterocycles. The number of nitrogens with two attached hydrogens (primary N) is 1. The number of likely N-dealkylation sites (tertiary alicyclic amines) is 1. The minimum Gasteiger partial charge on any atom is -0.494 e. The number of carbonyl (C=O) groups excluding carboxylic acids is 1. The highest BCUT2D eigenvalue weighted by molar-refractivity contribution is 7.19. The van der Waals surface area contributed by atoms with Gasteiger partial charge in [-0.25, -0.2) is 9.97 Å². The quantitative estimate of drug-likeness (QED) is 0.403. The predicted octanol–water partition coefficient (Wildman–Crippen LogP) is 3.75. The van der Waals surface area contributed by atoms with Crippen LogP contribution in [0, 0.1) is 11.3 Å². The molecule has 0 radical (unpaired) electrons. The highest BCUT2D eigenvalue weighted by Gasteiger charge is 2.32. The lowest BCUT2D eigenvalue weighted by atomic mass is 9.87. The van der Waals surface area contributed by atoms with Crippen molar-refractivity contribution in [2.45, 2.75) is 32.1 Å². The standard InChI is InChI=1S/C23H26N6O2S/c1-31-18-10-16(25)14(11-24)8-17(18)28-21-20-15-5-4-13(23(30)29-6-2-3-7-29)9-19(15)32-22(20)27-12-26-21/h8,10-13,24H,2-7,9,25H2,1H3,(H,26,27,28)/t13-/m0/s1. The number of carbonyl (C=O) groups is 1. The van der Waals surface area contributed by atoms with Gasteiger partial charge in [0.05, 0.1) is 18.2 Å². The van der Waals surface area contributed by atoms with Crippen molar-refractivity contribution in [3.05, 3.63) is 34.5 Å². The van der Waals surface area contributed by atoms with E-state index in [1.165, 1.54) is 16.7 Å². The van der Waals surface area contributed by atoms with E-state index in [0.717, 1.165) is 55.4 Å². The molecule has 0 unspecified atom stereocenters. The normalized spacial score (nSPS) is 17.9. The van der Waals surface area contributed by atoms with E-state index in [1.807, 2.05) is 4.90 Å². The fraction of sp³-hybridized carbons (Fsp3) is 0.391. The second-order valence-corrected chi connectivity index (χ2v) is 9.41.